The smallest absolute Gasteiger partial charge is 0.224 e. The molecule has 1 amide bonds. The van der Waals surface area contributed by atoms with Gasteiger partial charge >= 0.3 is 0 Å². The van der Waals surface area contributed by atoms with Crippen LogP contribution in [0.4, 0.5) is 5.69 Å². The lowest BCUT2D eigenvalue weighted by atomic mass is 10.2. The van der Waals surface area contributed by atoms with Gasteiger partial charge in [0, 0.05) is 38.2 Å². The minimum absolute atomic E-state index is 0.194. The van der Waals surface area contributed by atoms with Crippen molar-refractivity contribution in [1.29, 1.82) is 0 Å². The van der Waals surface area contributed by atoms with Crippen molar-refractivity contribution in [3.63, 3.8) is 0 Å². The molecule has 0 unspecified atom stereocenters. The Bertz CT molecular complexity index is 502. The van der Waals surface area contributed by atoms with Crippen molar-refractivity contribution in [2.75, 3.05) is 39.2 Å². The van der Waals surface area contributed by atoms with Gasteiger partial charge in [0.25, 0.3) is 0 Å². The SMILES string of the molecule is COc1cc(NCCC(=O)N2CCCC2)c(OC)cc1Cl. The summed E-state index contributed by atoms with van der Waals surface area (Å²) in [5.41, 5.74) is 0.771. The monoisotopic (exact) mass is 312 g/mol. The molecule has 2 rings (SSSR count). The van der Waals surface area contributed by atoms with Crippen LogP contribution < -0.4 is 14.8 Å². The molecule has 1 aromatic rings. The van der Waals surface area contributed by atoms with E-state index in [9.17, 15) is 4.79 Å². The molecule has 1 N–H and O–H groups in total. The number of carbonyl (C=O) groups excluding carboxylic acids is 1. The minimum atomic E-state index is 0.194. The third-order valence-electron chi connectivity index (χ3n) is 3.59. The highest BCUT2D eigenvalue weighted by Gasteiger charge is 2.17. The highest BCUT2D eigenvalue weighted by atomic mass is 35.5. The van der Waals surface area contributed by atoms with E-state index in [0.717, 1.165) is 31.6 Å². The van der Waals surface area contributed by atoms with Crippen molar-refractivity contribution in [2.24, 2.45) is 0 Å². The Kier molecular flexibility index (Phi) is 5.56. The third kappa shape index (κ3) is 3.94. The zero-order valence-corrected chi connectivity index (χ0v) is 13.2. The molecule has 0 aliphatic carbocycles. The molecule has 1 saturated heterocycles. The second kappa shape index (κ2) is 7.41. The molecule has 1 aromatic carbocycles. The van der Waals surface area contributed by atoms with Crippen LogP contribution in [0.1, 0.15) is 19.3 Å². The molecule has 0 atom stereocenters. The molecule has 0 radical (unpaired) electrons. The predicted octanol–water partition coefficient (Wildman–Crippen LogP) is 2.78. The maximum Gasteiger partial charge on any atom is 0.224 e. The standard InChI is InChI=1S/C15H21ClN2O3/c1-20-13-10-12(14(21-2)9-11(13)16)17-6-5-15(19)18-7-3-4-8-18/h9-10,17H,3-8H2,1-2H3. The van der Waals surface area contributed by atoms with E-state index < -0.39 is 0 Å². The van der Waals surface area contributed by atoms with E-state index in [2.05, 4.69) is 5.32 Å². The van der Waals surface area contributed by atoms with Crippen molar-refractivity contribution in [3.8, 4) is 11.5 Å². The Morgan fingerprint density at radius 3 is 2.52 bits per heavy atom. The summed E-state index contributed by atoms with van der Waals surface area (Å²) in [7, 11) is 3.15. The summed E-state index contributed by atoms with van der Waals surface area (Å²) in [6.45, 7) is 2.32. The van der Waals surface area contributed by atoms with Gasteiger partial charge in [0.15, 0.2) is 0 Å². The van der Waals surface area contributed by atoms with Gasteiger partial charge in [-0.1, -0.05) is 11.6 Å². The molecule has 1 aliphatic rings. The molecule has 0 saturated carbocycles. The number of hydrogen-bond donors (Lipinski definition) is 1. The van der Waals surface area contributed by atoms with Gasteiger partial charge < -0.3 is 19.7 Å². The lowest BCUT2D eigenvalue weighted by molar-refractivity contribution is -0.129. The maximum atomic E-state index is 12.0. The minimum Gasteiger partial charge on any atom is -0.495 e. The number of ether oxygens (including phenoxy) is 2. The fourth-order valence-electron chi connectivity index (χ4n) is 2.43. The highest BCUT2D eigenvalue weighted by molar-refractivity contribution is 6.32. The van der Waals surface area contributed by atoms with E-state index >= 15 is 0 Å². The number of halogens is 1. The number of hydrogen-bond acceptors (Lipinski definition) is 4. The molecular weight excluding hydrogens is 292 g/mol. The highest BCUT2D eigenvalue weighted by Crippen LogP contribution is 2.35. The largest absolute Gasteiger partial charge is 0.495 e. The summed E-state index contributed by atoms with van der Waals surface area (Å²) in [4.78, 5) is 13.9. The number of methoxy groups -OCH3 is 2. The number of nitrogens with zero attached hydrogens (tertiary/aromatic N) is 1. The first-order valence-corrected chi connectivity index (χ1v) is 7.46. The van der Waals surface area contributed by atoms with Crippen LogP contribution in [-0.2, 0) is 4.79 Å². The maximum absolute atomic E-state index is 12.0. The number of anilines is 1. The summed E-state index contributed by atoms with van der Waals surface area (Å²) < 4.78 is 10.5. The first kappa shape index (κ1) is 15.8. The molecule has 1 aliphatic heterocycles. The van der Waals surface area contributed by atoms with Crippen molar-refractivity contribution in [2.45, 2.75) is 19.3 Å². The number of nitrogens with one attached hydrogen (secondary N) is 1. The summed E-state index contributed by atoms with van der Waals surface area (Å²) >= 11 is 6.06. The van der Waals surface area contributed by atoms with Crippen LogP contribution in [0.5, 0.6) is 11.5 Å². The molecule has 0 spiro atoms. The number of carbonyl (C=O) groups is 1. The average molecular weight is 313 g/mol. The predicted molar refractivity (Wildman–Crippen MR) is 83.5 cm³/mol. The van der Waals surface area contributed by atoms with E-state index in [1.165, 1.54) is 0 Å². The second-order valence-corrected chi connectivity index (χ2v) is 5.36. The molecule has 116 valence electrons. The molecular formula is C15H21ClN2O3. The van der Waals surface area contributed by atoms with Crippen LogP contribution in [0.25, 0.3) is 0 Å². The average Bonchev–Trinajstić information content (AvgIpc) is 3.02. The lowest BCUT2D eigenvalue weighted by Gasteiger charge is -2.17. The van der Waals surface area contributed by atoms with Gasteiger partial charge in [0.1, 0.15) is 11.5 Å². The van der Waals surface area contributed by atoms with Crippen LogP contribution in [0, 0.1) is 0 Å². The van der Waals surface area contributed by atoms with Gasteiger partial charge in [0.05, 0.1) is 24.9 Å². The van der Waals surface area contributed by atoms with Crippen LogP contribution in [0.15, 0.2) is 12.1 Å². The van der Waals surface area contributed by atoms with E-state index in [0.29, 0.717) is 29.5 Å². The van der Waals surface area contributed by atoms with E-state index in [4.69, 9.17) is 21.1 Å². The van der Waals surface area contributed by atoms with Crippen molar-refractivity contribution in [1.82, 2.24) is 4.90 Å². The van der Waals surface area contributed by atoms with Gasteiger partial charge in [-0.3, -0.25) is 4.79 Å². The summed E-state index contributed by atoms with van der Waals surface area (Å²) in [6, 6.07) is 3.48. The molecule has 5 nitrogen and oxygen atoms in total. The zero-order valence-electron chi connectivity index (χ0n) is 12.4. The number of likely N-dealkylation sites (tertiary alicyclic amines) is 1. The molecule has 0 bridgehead atoms. The van der Waals surface area contributed by atoms with Crippen LogP contribution in [-0.4, -0.2) is 44.7 Å². The van der Waals surface area contributed by atoms with Crippen LogP contribution in [0.2, 0.25) is 5.02 Å². The molecule has 0 aromatic heterocycles. The van der Waals surface area contributed by atoms with E-state index in [1.54, 1.807) is 26.4 Å². The number of rotatable bonds is 6. The fraction of sp³-hybridized carbons (Fsp3) is 0.533. The summed E-state index contributed by atoms with van der Waals surface area (Å²) in [5, 5.41) is 3.70. The topological polar surface area (TPSA) is 50.8 Å². The molecule has 6 heteroatoms. The van der Waals surface area contributed by atoms with Crippen LogP contribution in [0.3, 0.4) is 0 Å². The van der Waals surface area contributed by atoms with Crippen molar-refractivity contribution < 1.29 is 14.3 Å². The lowest BCUT2D eigenvalue weighted by Crippen LogP contribution is -2.29. The first-order chi connectivity index (χ1) is 10.2. The number of benzene rings is 1. The Morgan fingerprint density at radius 1 is 1.24 bits per heavy atom. The molecule has 21 heavy (non-hydrogen) atoms. The second-order valence-electron chi connectivity index (χ2n) is 4.95. The molecule has 1 fully saturated rings. The van der Waals surface area contributed by atoms with Crippen molar-refractivity contribution in [3.05, 3.63) is 17.2 Å². The van der Waals surface area contributed by atoms with Gasteiger partial charge in [-0.15, -0.1) is 0 Å². The van der Waals surface area contributed by atoms with Gasteiger partial charge in [-0.05, 0) is 12.8 Å². The van der Waals surface area contributed by atoms with Gasteiger partial charge in [0.2, 0.25) is 5.91 Å². The Morgan fingerprint density at radius 2 is 1.90 bits per heavy atom. The van der Waals surface area contributed by atoms with Crippen LogP contribution >= 0.6 is 11.6 Å². The normalized spacial score (nSPS) is 14.1. The van der Waals surface area contributed by atoms with E-state index in [1.807, 2.05) is 4.90 Å². The summed E-state index contributed by atoms with van der Waals surface area (Å²) in [6.07, 6.45) is 2.69. The Hall–Kier alpha value is -1.62. The summed E-state index contributed by atoms with van der Waals surface area (Å²) in [5.74, 6) is 1.40. The Labute approximate surface area is 130 Å². The van der Waals surface area contributed by atoms with E-state index in [-0.39, 0.29) is 5.91 Å². The zero-order chi connectivity index (χ0) is 15.2. The Balaban J connectivity index is 1.94. The number of amides is 1. The van der Waals surface area contributed by atoms with Crippen molar-refractivity contribution >= 4 is 23.2 Å². The third-order valence-corrected chi connectivity index (χ3v) is 3.88. The van der Waals surface area contributed by atoms with Gasteiger partial charge in [-0.2, -0.15) is 0 Å². The molecule has 1 heterocycles. The van der Waals surface area contributed by atoms with Gasteiger partial charge in [-0.25, -0.2) is 0 Å². The first-order valence-electron chi connectivity index (χ1n) is 7.09. The fourth-order valence-corrected chi connectivity index (χ4v) is 2.66. The quantitative estimate of drug-likeness (QED) is 0.877.